The number of halogens is 2. The Labute approximate surface area is 156 Å². The molecule has 2 unspecified atom stereocenters. The van der Waals surface area contributed by atoms with E-state index in [-0.39, 0.29) is 37.7 Å². The summed E-state index contributed by atoms with van der Waals surface area (Å²) in [5, 5.41) is 7.11. The number of benzene rings is 1. The molecule has 0 amide bonds. The third kappa shape index (κ3) is 6.32. The van der Waals surface area contributed by atoms with Gasteiger partial charge in [0.1, 0.15) is 19.3 Å². The number of carbonyl (C=O) groups excluding carboxylic acids is 2. The molecule has 0 aromatic heterocycles. The van der Waals surface area contributed by atoms with Crippen molar-refractivity contribution in [2.45, 2.75) is 25.1 Å². The van der Waals surface area contributed by atoms with Gasteiger partial charge in [-0.2, -0.15) is 0 Å². The van der Waals surface area contributed by atoms with Gasteiger partial charge in [-0.25, -0.2) is 0 Å². The van der Waals surface area contributed by atoms with Crippen LogP contribution in [0.1, 0.15) is 12.0 Å². The highest BCUT2D eigenvalue weighted by molar-refractivity contribution is 6.35. The summed E-state index contributed by atoms with van der Waals surface area (Å²) in [6.45, 7) is 4.39. The van der Waals surface area contributed by atoms with E-state index in [1.165, 1.54) is 6.08 Å². The zero-order valence-corrected chi connectivity index (χ0v) is 15.1. The maximum Gasteiger partial charge on any atom is 0.323 e. The molecule has 0 radical (unpaired) electrons. The fourth-order valence-corrected chi connectivity index (χ4v) is 2.85. The van der Waals surface area contributed by atoms with Crippen molar-refractivity contribution in [2.75, 3.05) is 19.7 Å². The van der Waals surface area contributed by atoms with Gasteiger partial charge in [0, 0.05) is 28.2 Å². The standard InChI is InChI=1S/C17H20Cl2N2O4/c1-2-5-24-16(22)9-20-13-7-15(21-8-13)17(23)25-10-11-3-4-12(18)6-14(11)19/h2-4,6,13,15,20-21H,1,5,7-10H2. The average molecular weight is 387 g/mol. The van der Waals surface area contributed by atoms with Crippen molar-refractivity contribution in [3.05, 3.63) is 46.5 Å². The Balaban J connectivity index is 1.72. The lowest BCUT2D eigenvalue weighted by Gasteiger charge is -2.12. The zero-order chi connectivity index (χ0) is 18.2. The van der Waals surface area contributed by atoms with Crippen molar-refractivity contribution in [3.63, 3.8) is 0 Å². The lowest BCUT2D eigenvalue weighted by atomic mass is 10.1. The lowest BCUT2D eigenvalue weighted by molar-refractivity contribution is -0.147. The first-order valence-corrected chi connectivity index (χ1v) is 8.59. The van der Waals surface area contributed by atoms with Crippen LogP contribution in [0.3, 0.4) is 0 Å². The highest BCUT2D eigenvalue weighted by Crippen LogP contribution is 2.22. The molecule has 1 heterocycles. The first-order chi connectivity index (χ1) is 12.0. The van der Waals surface area contributed by atoms with Crippen molar-refractivity contribution < 1.29 is 19.1 Å². The minimum atomic E-state index is -0.423. The largest absolute Gasteiger partial charge is 0.461 e. The Morgan fingerprint density at radius 3 is 2.88 bits per heavy atom. The van der Waals surface area contributed by atoms with Gasteiger partial charge >= 0.3 is 11.9 Å². The van der Waals surface area contributed by atoms with E-state index < -0.39 is 6.04 Å². The highest BCUT2D eigenvalue weighted by atomic mass is 35.5. The summed E-state index contributed by atoms with van der Waals surface area (Å²) in [5.74, 6) is -0.715. The monoisotopic (exact) mass is 386 g/mol. The van der Waals surface area contributed by atoms with E-state index >= 15 is 0 Å². The molecular weight excluding hydrogens is 367 g/mol. The molecule has 2 N–H and O–H groups in total. The summed E-state index contributed by atoms with van der Waals surface area (Å²) in [5.41, 5.74) is 0.692. The van der Waals surface area contributed by atoms with E-state index in [2.05, 4.69) is 17.2 Å². The Morgan fingerprint density at radius 2 is 2.16 bits per heavy atom. The number of esters is 2. The van der Waals surface area contributed by atoms with Crippen LogP contribution in [0.2, 0.25) is 10.0 Å². The Kier molecular flexibility index (Phi) is 7.71. The SMILES string of the molecule is C=CCOC(=O)CNC1CNC(C(=O)OCc2ccc(Cl)cc2Cl)C1. The van der Waals surface area contributed by atoms with Crippen LogP contribution in [0.15, 0.2) is 30.9 Å². The van der Waals surface area contributed by atoms with Crippen LogP contribution in [0.25, 0.3) is 0 Å². The van der Waals surface area contributed by atoms with Crippen molar-refractivity contribution >= 4 is 35.1 Å². The van der Waals surface area contributed by atoms with E-state index in [0.29, 0.717) is 28.6 Å². The van der Waals surface area contributed by atoms with Crippen LogP contribution in [0.4, 0.5) is 0 Å². The lowest BCUT2D eigenvalue weighted by Crippen LogP contribution is -2.35. The van der Waals surface area contributed by atoms with Crippen molar-refractivity contribution in [1.82, 2.24) is 10.6 Å². The highest BCUT2D eigenvalue weighted by Gasteiger charge is 2.30. The molecule has 8 heteroatoms. The molecule has 1 saturated heterocycles. The summed E-state index contributed by atoms with van der Waals surface area (Å²) in [7, 11) is 0. The normalized spacial score (nSPS) is 19.4. The molecule has 0 spiro atoms. The first kappa shape index (κ1) is 19.7. The van der Waals surface area contributed by atoms with Crippen LogP contribution in [0, 0.1) is 0 Å². The maximum absolute atomic E-state index is 12.1. The minimum Gasteiger partial charge on any atom is -0.461 e. The summed E-state index contributed by atoms with van der Waals surface area (Å²) in [4.78, 5) is 23.6. The molecule has 1 aromatic carbocycles. The van der Waals surface area contributed by atoms with Gasteiger partial charge in [0.15, 0.2) is 0 Å². The van der Waals surface area contributed by atoms with Gasteiger partial charge in [0.25, 0.3) is 0 Å². The smallest absolute Gasteiger partial charge is 0.323 e. The molecule has 25 heavy (non-hydrogen) atoms. The van der Waals surface area contributed by atoms with Crippen LogP contribution in [-0.4, -0.2) is 43.7 Å². The second-order valence-electron chi connectivity index (χ2n) is 5.59. The summed E-state index contributed by atoms with van der Waals surface area (Å²) >= 11 is 11.9. The fourth-order valence-electron chi connectivity index (χ4n) is 2.39. The molecule has 0 aliphatic carbocycles. The molecule has 0 bridgehead atoms. The van der Waals surface area contributed by atoms with Crippen molar-refractivity contribution in [2.24, 2.45) is 0 Å². The van der Waals surface area contributed by atoms with Crippen LogP contribution >= 0.6 is 23.2 Å². The van der Waals surface area contributed by atoms with E-state index in [1.54, 1.807) is 18.2 Å². The zero-order valence-electron chi connectivity index (χ0n) is 13.6. The van der Waals surface area contributed by atoms with Crippen LogP contribution in [-0.2, 0) is 25.7 Å². The van der Waals surface area contributed by atoms with E-state index in [0.717, 1.165) is 0 Å². The molecule has 2 atom stereocenters. The molecule has 1 aliphatic rings. The predicted molar refractivity (Wildman–Crippen MR) is 95.6 cm³/mol. The molecule has 1 aliphatic heterocycles. The number of ether oxygens (including phenoxy) is 2. The van der Waals surface area contributed by atoms with E-state index in [4.69, 9.17) is 32.7 Å². The van der Waals surface area contributed by atoms with Crippen molar-refractivity contribution in [1.29, 1.82) is 0 Å². The Bertz CT molecular complexity index is 639. The third-order valence-corrected chi connectivity index (χ3v) is 4.28. The number of nitrogens with one attached hydrogen (secondary N) is 2. The predicted octanol–water partition coefficient (Wildman–Crippen LogP) is 2.09. The molecule has 6 nitrogen and oxygen atoms in total. The van der Waals surface area contributed by atoms with Gasteiger partial charge in [-0.05, 0) is 18.6 Å². The second-order valence-corrected chi connectivity index (χ2v) is 6.43. The Hall–Kier alpha value is -1.60. The number of hydrogen-bond acceptors (Lipinski definition) is 6. The van der Waals surface area contributed by atoms with Crippen molar-refractivity contribution in [3.8, 4) is 0 Å². The van der Waals surface area contributed by atoms with Gasteiger partial charge in [-0.15, -0.1) is 0 Å². The number of carbonyl (C=O) groups is 2. The summed E-state index contributed by atoms with van der Waals surface area (Å²) in [6.07, 6.45) is 2.04. The molecule has 1 fully saturated rings. The van der Waals surface area contributed by atoms with Crippen LogP contribution < -0.4 is 10.6 Å². The van der Waals surface area contributed by atoms with Gasteiger partial charge in [0.2, 0.25) is 0 Å². The number of hydrogen-bond donors (Lipinski definition) is 2. The summed E-state index contributed by atoms with van der Waals surface area (Å²) < 4.78 is 10.2. The van der Waals surface area contributed by atoms with Crippen LogP contribution in [0.5, 0.6) is 0 Å². The first-order valence-electron chi connectivity index (χ1n) is 7.83. The molecule has 1 aromatic rings. The topological polar surface area (TPSA) is 76.7 Å². The molecule has 2 rings (SSSR count). The maximum atomic E-state index is 12.1. The fraction of sp³-hybridized carbons (Fsp3) is 0.412. The van der Waals surface area contributed by atoms with E-state index in [1.807, 2.05) is 0 Å². The van der Waals surface area contributed by atoms with Gasteiger partial charge in [0.05, 0.1) is 6.54 Å². The van der Waals surface area contributed by atoms with Gasteiger partial charge < -0.3 is 20.1 Å². The second kappa shape index (κ2) is 9.77. The van der Waals surface area contributed by atoms with E-state index in [9.17, 15) is 9.59 Å². The molecule has 0 saturated carbocycles. The Morgan fingerprint density at radius 1 is 1.36 bits per heavy atom. The molecular formula is C17H20Cl2N2O4. The van der Waals surface area contributed by atoms with Gasteiger partial charge in [-0.1, -0.05) is 41.9 Å². The minimum absolute atomic E-state index is 0.00653. The van der Waals surface area contributed by atoms with Gasteiger partial charge in [-0.3, -0.25) is 9.59 Å². The third-order valence-electron chi connectivity index (χ3n) is 3.70. The average Bonchev–Trinajstić information content (AvgIpc) is 3.06. The molecule has 136 valence electrons. The quantitative estimate of drug-likeness (QED) is 0.526. The summed E-state index contributed by atoms with van der Waals surface area (Å²) in [6, 6.07) is 4.58. The number of rotatable bonds is 8.